The summed E-state index contributed by atoms with van der Waals surface area (Å²) < 4.78 is 0. The van der Waals surface area contributed by atoms with Crippen molar-refractivity contribution in [2.24, 2.45) is 5.73 Å². The Morgan fingerprint density at radius 1 is 1.47 bits per heavy atom. The molecule has 1 aliphatic rings. The molecule has 0 atom stereocenters. The highest BCUT2D eigenvalue weighted by atomic mass is 16.3. The number of imide groups is 1. The van der Waals surface area contributed by atoms with Crippen molar-refractivity contribution in [2.45, 2.75) is 12.8 Å². The topological polar surface area (TPSA) is 83.6 Å². The third kappa shape index (κ3) is 2.07. The van der Waals surface area contributed by atoms with Crippen LogP contribution in [0.4, 0.5) is 5.69 Å². The van der Waals surface area contributed by atoms with Gasteiger partial charge in [0.25, 0.3) is 5.91 Å². The van der Waals surface area contributed by atoms with E-state index in [9.17, 15) is 9.59 Å². The number of hydrogen-bond donors (Lipinski definition) is 2. The average molecular weight is 234 g/mol. The lowest BCUT2D eigenvalue weighted by atomic mass is 10.1. The van der Waals surface area contributed by atoms with Crippen molar-refractivity contribution in [2.75, 3.05) is 18.1 Å². The molecule has 1 heterocycles. The summed E-state index contributed by atoms with van der Waals surface area (Å²) in [7, 11) is 0. The van der Waals surface area contributed by atoms with E-state index in [0.29, 0.717) is 12.2 Å². The molecule has 0 bridgehead atoms. The van der Waals surface area contributed by atoms with Crippen molar-refractivity contribution in [1.82, 2.24) is 0 Å². The van der Waals surface area contributed by atoms with Crippen molar-refractivity contribution in [3.8, 4) is 0 Å². The number of anilines is 1. The van der Waals surface area contributed by atoms with Gasteiger partial charge in [-0.15, -0.1) is 0 Å². The maximum atomic E-state index is 11.7. The number of nitrogens with zero attached hydrogens (tertiary/aromatic N) is 1. The van der Waals surface area contributed by atoms with Crippen molar-refractivity contribution in [3.63, 3.8) is 0 Å². The lowest BCUT2D eigenvalue weighted by molar-refractivity contribution is -0.127. The Balaban J connectivity index is 2.35. The van der Waals surface area contributed by atoms with E-state index < -0.39 is 12.5 Å². The molecule has 0 saturated carbocycles. The van der Waals surface area contributed by atoms with E-state index in [2.05, 4.69) is 0 Å². The molecule has 0 aromatic heterocycles. The van der Waals surface area contributed by atoms with Gasteiger partial charge in [-0.05, 0) is 30.2 Å². The van der Waals surface area contributed by atoms with Gasteiger partial charge in [0.15, 0.2) is 0 Å². The second-order valence-electron chi connectivity index (χ2n) is 3.96. The molecule has 1 aliphatic heterocycles. The summed E-state index contributed by atoms with van der Waals surface area (Å²) in [5, 5.41) is 8.82. The van der Waals surface area contributed by atoms with Gasteiger partial charge in [-0.2, -0.15) is 0 Å². The van der Waals surface area contributed by atoms with Crippen LogP contribution in [0.15, 0.2) is 18.2 Å². The van der Waals surface area contributed by atoms with Crippen LogP contribution in [0.3, 0.4) is 0 Å². The lowest BCUT2D eigenvalue weighted by Gasteiger charge is -2.14. The van der Waals surface area contributed by atoms with E-state index in [0.717, 1.165) is 22.4 Å². The van der Waals surface area contributed by atoms with Gasteiger partial charge < -0.3 is 10.8 Å². The van der Waals surface area contributed by atoms with Crippen molar-refractivity contribution >= 4 is 17.5 Å². The highest BCUT2D eigenvalue weighted by molar-refractivity contribution is 6.19. The molecule has 2 rings (SSSR count). The molecule has 0 fully saturated rings. The second kappa shape index (κ2) is 4.65. The fourth-order valence-electron chi connectivity index (χ4n) is 2.04. The molecule has 1 aromatic rings. The van der Waals surface area contributed by atoms with E-state index >= 15 is 0 Å². The van der Waals surface area contributed by atoms with Gasteiger partial charge in [0.1, 0.15) is 6.61 Å². The predicted molar refractivity (Wildman–Crippen MR) is 62.5 cm³/mol. The van der Waals surface area contributed by atoms with Crippen LogP contribution in [0.2, 0.25) is 0 Å². The number of fused-ring (bicyclic) bond motifs is 1. The molecule has 3 N–H and O–H groups in total. The highest BCUT2D eigenvalue weighted by Crippen LogP contribution is 2.29. The SMILES string of the molecule is NCCc1ccc2c(c1)CC(=O)N2C(=O)CO. The number of aliphatic hydroxyl groups is 1. The largest absolute Gasteiger partial charge is 0.387 e. The zero-order valence-corrected chi connectivity index (χ0v) is 9.35. The second-order valence-corrected chi connectivity index (χ2v) is 3.96. The highest BCUT2D eigenvalue weighted by Gasteiger charge is 2.31. The van der Waals surface area contributed by atoms with Crippen molar-refractivity contribution in [1.29, 1.82) is 0 Å². The predicted octanol–water partition coefficient (Wildman–Crippen LogP) is -0.404. The standard InChI is InChI=1S/C12H14N2O3/c13-4-3-8-1-2-10-9(5-8)6-11(16)14(10)12(17)7-15/h1-2,5,15H,3-4,6-7,13H2. The summed E-state index contributed by atoms with van der Waals surface area (Å²) in [6.45, 7) is -0.109. The Kier molecular flexibility index (Phi) is 3.21. The van der Waals surface area contributed by atoms with E-state index in [1.165, 1.54) is 0 Å². The fourth-order valence-corrected chi connectivity index (χ4v) is 2.04. The molecule has 0 spiro atoms. The van der Waals surface area contributed by atoms with Crippen LogP contribution in [-0.4, -0.2) is 30.1 Å². The Labute approximate surface area is 98.8 Å². The van der Waals surface area contributed by atoms with E-state index in [1.54, 1.807) is 6.07 Å². The molecular weight excluding hydrogens is 220 g/mol. The van der Waals surface area contributed by atoms with Crippen LogP contribution in [0.25, 0.3) is 0 Å². The number of hydrogen-bond acceptors (Lipinski definition) is 4. The third-order valence-corrected chi connectivity index (χ3v) is 2.79. The van der Waals surface area contributed by atoms with E-state index in [-0.39, 0.29) is 12.3 Å². The number of nitrogens with two attached hydrogens (primary N) is 1. The fraction of sp³-hybridized carbons (Fsp3) is 0.333. The van der Waals surface area contributed by atoms with Gasteiger partial charge in [0, 0.05) is 0 Å². The number of carbonyl (C=O) groups is 2. The van der Waals surface area contributed by atoms with Gasteiger partial charge in [-0.3, -0.25) is 9.59 Å². The monoisotopic (exact) mass is 234 g/mol. The molecule has 0 saturated heterocycles. The minimum absolute atomic E-state index is 0.208. The van der Waals surface area contributed by atoms with Crippen LogP contribution in [0.1, 0.15) is 11.1 Å². The molecular formula is C12H14N2O3. The molecule has 2 amide bonds. The summed E-state index contributed by atoms with van der Waals surface area (Å²) in [5.74, 6) is -0.871. The minimum Gasteiger partial charge on any atom is -0.387 e. The average Bonchev–Trinajstić information content (AvgIpc) is 2.64. The Bertz CT molecular complexity index is 471. The van der Waals surface area contributed by atoms with E-state index in [1.807, 2.05) is 12.1 Å². The first kappa shape index (κ1) is 11.8. The number of amides is 2. The first-order chi connectivity index (χ1) is 8.17. The zero-order valence-electron chi connectivity index (χ0n) is 9.35. The van der Waals surface area contributed by atoms with Crippen LogP contribution >= 0.6 is 0 Å². The Morgan fingerprint density at radius 2 is 2.24 bits per heavy atom. The van der Waals surface area contributed by atoms with Crippen LogP contribution in [0, 0.1) is 0 Å². The van der Waals surface area contributed by atoms with Crippen molar-refractivity contribution in [3.05, 3.63) is 29.3 Å². The van der Waals surface area contributed by atoms with Gasteiger partial charge in [-0.25, -0.2) is 4.90 Å². The first-order valence-electron chi connectivity index (χ1n) is 5.46. The summed E-state index contributed by atoms with van der Waals surface area (Å²) in [6, 6.07) is 5.48. The Hall–Kier alpha value is -1.72. The molecule has 0 unspecified atom stereocenters. The molecule has 5 nitrogen and oxygen atoms in total. The molecule has 17 heavy (non-hydrogen) atoms. The van der Waals surface area contributed by atoms with Crippen LogP contribution in [0.5, 0.6) is 0 Å². The quantitative estimate of drug-likeness (QED) is 0.745. The molecule has 5 heteroatoms. The zero-order chi connectivity index (χ0) is 12.4. The number of benzene rings is 1. The van der Waals surface area contributed by atoms with Crippen molar-refractivity contribution < 1.29 is 14.7 Å². The molecule has 1 aromatic carbocycles. The minimum atomic E-state index is -0.657. The smallest absolute Gasteiger partial charge is 0.259 e. The molecule has 0 radical (unpaired) electrons. The number of aliphatic hydroxyl groups excluding tert-OH is 1. The lowest BCUT2D eigenvalue weighted by Crippen LogP contribution is -2.35. The molecule has 90 valence electrons. The van der Waals surface area contributed by atoms with Gasteiger partial charge >= 0.3 is 0 Å². The summed E-state index contributed by atoms with van der Waals surface area (Å²) in [4.78, 5) is 24.1. The van der Waals surface area contributed by atoms with Crippen LogP contribution in [-0.2, 0) is 22.4 Å². The number of rotatable bonds is 3. The third-order valence-electron chi connectivity index (χ3n) is 2.79. The first-order valence-corrected chi connectivity index (χ1v) is 5.46. The number of carbonyl (C=O) groups excluding carboxylic acids is 2. The molecule has 0 aliphatic carbocycles. The normalized spacial score (nSPS) is 14.0. The van der Waals surface area contributed by atoms with Gasteiger partial charge in [0.05, 0.1) is 12.1 Å². The van der Waals surface area contributed by atoms with Crippen LogP contribution < -0.4 is 10.6 Å². The maximum absolute atomic E-state index is 11.7. The summed E-state index contributed by atoms with van der Waals surface area (Å²) in [6.07, 6.45) is 0.953. The Morgan fingerprint density at radius 3 is 2.88 bits per heavy atom. The maximum Gasteiger partial charge on any atom is 0.259 e. The van der Waals surface area contributed by atoms with Gasteiger partial charge in [-0.1, -0.05) is 12.1 Å². The summed E-state index contributed by atoms with van der Waals surface area (Å²) >= 11 is 0. The van der Waals surface area contributed by atoms with Gasteiger partial charge in [0.2, 0.25) is 5.91 Å². The van der Waals surface area contributed by atoms with E-state index in [4.69, 9.17) is 10.8 Å². The summed E-state index contributed by atoms with van der Waals surface area (Å²) in [5.41, 5.74) is 7.92.